The van der Waals surface area contributed by atoms with Gasteiger partial charge in [0.05, 0.1) is 12.0 Å². The van der Waals surface area contributed by atoms with Crippen LogP contribution in [0.1, 0.15) is 11.1 Å². The summed E-state index contributed by atoms with van der Waals surface area (Å²) in [5.41, 5.74) is 7.41. The topological polar surface area (TPSA) is 87.6 Å². The molecule has 0 aliphatic carbocycles. The lowest BCUT2D eigenvalue weighted by molar-refractivity contribution is -0.385. The average molecular weight is 302 g/mol. The Labute approximate surface area is 128 Å². The van der Waals surface area contributed by atoms with Crippen LogP contribution in [0, 0.1) is 10.1 Å². The van der Waals surface area contributed by atoms with E-state index in [1.807, 2.05) is 18.2 Å². The number of methoxy groups -OCH3 is 1. The van der Waals surface area contributed by atoms with Crippen LogP contribution in [0.25, 0.3) is 0 Å². The third-order valence-corrected chi connectivity index (χ3v) is 3.22. The van der Waals surface area contributed by atoms with Gasteiger partial charge in [-0.05, 0) is 36.7 Å². The fraction of sp³-hybridized carbons (Fsp3) is 0.250. The van der Waals surface area contributed by atoms with Gasteiger partial charge in [0.25, 0.3) is 0 Å². The Morgan fingerprint density at radius 2 is 1.95 bits per heavy atom. The molecular formula is C16H18N2O4. The molecule has 0 spiro atoms. The van der Waals surface area contributed by atoms with Crippen LogP contribution in [-0.4, -0.2) is 18.6 Å². The molecular weight excluding hydrogens is 284 g/mol. The highest BCUT2D eigenvalue weighted by molar-refractivity contribution is 5.46. The number of para-hydroxylation sites is 2. The first kappa shape index (κ1) is 15.8. The lowest BCUT2D eigenvalue weighted by Gasteiger charge is -2.12. The maximum atomic E-state index is 11.0. The van der Waals surface area contributed by atoms with E-state index >= 15 is 0 Å². The summed E-state index contributed by atoms with van der Waals surface area (Å²) in [5.74, 6) is 0.915. The number of nitro groups is 1. The molecule has 0 aromatic heterocycles. The smallest absolute Gasteiger partial charge is 0.310 e. The largest absolute Gasteiger partial charge is 0.496 e. The van der Waals surface area contributed by atoms with Gasteiger partial charge >= 0.3 is 5.69 Å². The van der Waals surface area contributed by atoms with Crippen molar-refractivity contribution in [2.45, 2.75) is 13.0 Å². The second kappa shape index (κ2) is 7.42. The summed E-state index contributed by atoms with van der Waals surface area (Å²) < 4.78 is 10.9. The molecule has 0 aliphatic rings. The average Bonchev–Trinajstić information content (AvgIpc) is 2.53. The van der Waals surface area contributed by atoms with Gasteiger partial charge in [0.15, 0.2) is 5.75 Å². The van der Waals surface area contributed by atoms with E-state index in [2.05, 4.69) is 0 Å². The molecule has 0 amide bonds. The molecule has 0 heterocycles. The Kier molecular flexibility index (Phi) is 5.32. The number of hydrogen-bond acceptors (Lipinski definition) is 5. The summed E-state index contributed by atoms with van der Waals surface area (Å²) in [7, 11) is 1.58. The molecule has 0 bridgehead atoms. The van der Waals surface area contributed by atoms with E-state index in [1.54, 1.807) is 25.3 Å². The van der Waals surface area contributed by atoms with Crippen molar-refractivity contribution in [2.24, 2.45) is 5.73 Å². The van der Waals surface area contributed by atoms with Gasteiger partial charge in [-0.1, -0.05) is 18.2 Å². The number of rotatable bonds is 7. The van der Waals surface area contributed by atoms with Gasteiger partial charge < -0.3 is 15.2 Å². The Hall–Kier alpha value is -2.60. The Morgan fingerprint density at radius 3 is 2.64 bits per heavy atom. The lowest BCUT2D eigenvalue weighted by Crippen LogP contribution is -2.05. The molecule has 0 atom stereocenters. The molecule has 2 aromatic carbocycles. The fourth-order valence-electron chi connectivity index (χ4n) is 2.15. The van der Waals surface area contributed by atoms with Crippen LogP contribution < -0.4 is 15.2 Å². The second-order valence-corrected chi connectivity index (χ2v) is 4.70. The number of hydrogen-bond donors (Lipinski definition) is 1. The van der Waals surface area contributed by atoms with Gasteiger partial charge in [-0.15, -0.1) is 0 Å². The molecule has 6 heteroatoms. The molecule has 0 radical (unpaired) electrons. The van der Waals surface area contributed by atoms with E-state index in [4.69, 9.17) is 15.2 Å². The van der Waals surface area contributed by atoms with E-state index in [0.717, 1.165) is 17.5 Å². The van der Waals surface area contributed by atoms with Crippen molar-refractivity contribution < 1.29 is 14.4 Å². The SMILES string of the molecule is COc1ccc(CCN)cc1COc1ccccc1[N+](=O)[O-]. The Morgan fingerprint density at radius 1 is 1.18 bits per heavy atom. The van der Waals surface area contributed by atoms with Crippen LogP contribution in [0.4, 0.5) is 5.69 Å². The monoisotopic (exact) mass is 302 g/mol. The minimum atomic E-state index is -0.461. The first-order valence-corrected chi connectivity index (χ1v) is 6.87. The number of nitrogens with two attached hydrogens (primary N) is 1. The molecule has 116 valence electrons. The highest BCUT2D eigenvalue weighted by Crippen LogP contribution is 2.28. The molecule has 2 N–H and O–H groups in total. The van der Waals surface area contributed by atoms with Crippen LogP contribution in [-0.2, 0) is 13.0 Å². The number of nitrogens with zero attached hydrogens (tertiary/aromatic N) is 1. The van der Waals surface area contributed by atoms with Crippen LogP contribution in [0.15, 0.2) is 42.5 Å². The third-order valence-electron chi connectivity index (χ3n) is 3.22. The van der Waals surface area contributed by atoms with Crippen molar-refractivity contribution in [2.75, 3.05) is 13.7 Å². The maximum Gasteiger partial charge on any atom is 0.310 e. The van der Waals surface area contributed by atoms with Crippen LogP contribution in [0.2, 0.25) is 0 Å². The predicted octanol–water partition coefficient (Wildman–Crippen LogP) is 2.68. The summed E-state index contributed by atoms with van der Waals surface area (Å²) in [6, 6.07) is 12.0. The molecule has 2 aromatic rings. The van der Waals surface area contributed by atoms with E-state index in [1.165, 1.54) is 6.07 Å². The van der Waals surface area contributed by atoms with Gasteiger partial charge in [0.1, 0.15) is 12.4 Å². The third kappa shape index (κ3) is 3.73. The standard InChI is InChI=1S/C16H18N2O4/c1-21-15-7-6-12(8-9-17)10-13(15)11-22-16-5-3-2-4-14(16)18(19)20/h2-7,10H,8-9,11,17H2,1H3. The van der Waals surface area contributed by atoms with Gasteiger partial charge in [-0.2, -0.15) is 0 Å². The molecule has 0 saturated carbocycles. The number of nitro benzene ring substituents is 1. The van der Waals surface area contributed by atoms with Crippen molar-refractivity contribution in [3.05, 3.63) is 63.7 Å². The highest BCUT2D eigenvalue weighted by atomic mass is 16.6. The zero-order valence-electron chi connectivity index (χ0n) is 12.3. The minimum Gasteiger partial charge on any atom is -0.496 e. The molecule has 2 rings (SSSR count). The van der Waals surface area contributed by atoms with Crippen molar-refractivity contribution in [1.82, 2.24) is 0 Å². The molecule has 0 fully saturated rings. The molecule has 0 saturated heterocycles. The molecule has 22 heavy (non-hydrogen) atoms. The Balaban J connectivity index is 2.20. The van der Waals surface area contributed by atoms with Gasteiger partial charge in [-0.25, -0.2) is 0 Å². The van der Waals surface area contributed by atoms with E-state index in [-0.39, 0.29) is 18.0 Å². The summed E-state index contributed by atoms with van der Waals surface area (Å²) in [4.78, 5) is 10.5. The summed E-state index contributed by atoms with van der Waals surface area (Å²) in [6.45, 7) is 0.739. The summed E-state index contributed by atoms with van der Waals surface area (Å²) in [5, 5.41) is 11.0. The number of ether oxygens (including phenoxy) is 2. The van der Waals surface area contributed by atoms with Crippen LogP contribution >= 0.6 is 0 Å². The zero-order valence-corrected chi connectivity index (χ0v) is 12.3. The van der Waals surface area contributed by atoms with Crippen molar-refractivity contribution >= 4 is 5.69 Å². The van der Waals surface area contributed by atoms with Gasteiger partial charge in [0.2, 0.25) is 0 Å². The van der Waals surface area contributed by atoms with E-state index in [9.17, 15) is 10.1 Å². The number of benzene rings is 2. The fourth-order valence-corrected chi connectivity index (χ4v) is 2.15. The second-order valence-electron chi connectivity index (χ2n) is 4.70. The normalized spacial score (nSPS) is 10.3. The van der Waals surface area contributed by atoms with Crippen molar-refractivity contribution in [1.29, 1.82) is 0 Å². The quantitative estimate of drug-likeness (QED) is 0.627. The zero-order chi connectivity index (χ0) is 15.9. The van der Waals surface area contributed by atoms with Gasteiger partial charge in [0, 0.05) is 11.6 Å². The van der Waals surface area contributed by atoms with Crippen LogP contribution in [0.5, 0.6) is 11.5 Å². The van der Waals surface area contributed by atoms with Crippen molar-refractivity contribution in [3.8, 4) is 11.5 Å². The maximum absolute atomic E-state index is 11.0. The lowest BCUT2D eigenvalue weighted by atomic mass is 10.1. The van der Waals surface area contributed by atoms with Crippen molar-refractivity contribution in [3.63, 3.8) is 0 Å². The molecule has 6 nitrogen and oxygen atoms in total. The summed E-state index contributed by atoms with van der Waals surface area (Å²) >= 11 is 0. The summed E-state index contributed by atoms with van der Waals surface area (Å²) in [6.07, 6.45) is 0.752. The van der Waals surface area contributed by atoms with Gasteiger partial charge in [-0.3, -0.25) is 10.1 Å². The first-order valence-electron chi connectivity index (χ1n) is 6.87. The molecule has 0 unspecified atom stereocenters. The Bertz CT molecular complexity index is 658. The van der Waals surface area contributed by atoms with E-state index < -0.39 is 4.92 Å². The van der Waals surface area contributed by atoms with E-state index in [0.29, 0.717) is 12.3 Å². The minimum absolute atomic E-state index is 0.0559. The predicted molar refractivity (Wildman–Crippen MR) is 83.2 cm³/mol. The highest BCUT2D eigenvalue weighted by Gasteiger charge is 2.14. The molecule has 0 aliphatic heterocycles. The van der Waals surface area contributed by atoms with Crippen LogP contribution in [0.3, 0.4) is 0 Å². The first-order chi connectivity index (χ1) is 10.7.